The molecule has 100 valence electrons. The minimum atomic E-state index is 0.239. The van der Waals surface area contributed by atoms with Crippen LogP contribution in [0.1, 0.15) is 46.1 Å². The van der Waals surface area contributed by atoms with Gasteiger partial charge in [0.05, 0.1) is 6.10 Å². The zero-order chi connectivity index (χ0) is 13.2. The molecule has 0 saturated heterocycles. The average molecular weight is 247 g/mol. The molecule has 0 radical (unpaired) electrons. The molecule has 1 aliphatic rings. The zero-order valence-corrected chi connectivity index (χ0v) is 12.0. The Bertz CT molecular complexity index is 377. The molecule has 2 nitrogen and oxygen atoms in total. The second-order valence-corrected chi connectivity index (χ2v) is 6.16. The van der Waals surface area contributed by atoms with Crippen molar-refractivity contribution < 1.29 is 4.74 Å². The lowest BCUT2D eigenvalue weighted by Crippen LogP contribution is -2.40. The molecule has 1 aromatic rings. The van der Waals surface area contributed by atoms with Crippen LogP contribution in [0.25, 0.3) is 0 Å². The molecule has 0 aromatic heterocycles. The van der Waals surface area contributed by atoms with Gasteiger partial charge < -0.3 is 10.1 Å². The number of hydrogen-bond acceptors (Lipinski definition) is 2. The quantitative estimate of drug-likeness (QED) is 0.826. The standard InChI is InChI=1S/C16H25NO/c1-12(2)18-15-9-5-13(6-10-15)11-17-16(3,4)14-7-8-14/h5-6,9-10,12,14,17H,7-8,11H2,1-4H3. The van der Waals surface area contributed by atoms with E-state index in [9.17, 15) is 0 Å². The Hall–Kier alpha value is -1.02. The maximum Gasteiger partial charge on any atom is 0.119 e. The molecule has 0 atom stereocenters. The van der Waals surface area contributed by atoms with Crippen LogP contribution in [0, 0.1) is 5.92 Å². The molecule has 0 unspecified atom stereocenters. The zero-order valence-electron chi connectivity index (χ0n) is 12.0. The van der Waals surface area contributed by atoms with Crippen LogP contribution in [0.5, 0.6) is 5.75 Å². The van der Waals surface area contributed by atoms with Crippen molar-refractivity contribution >= 4 is 0 Å². The summed E-state index contributed by atoms with van der Waals surface area (Å²) in [5, 5.41) is 3.66. The molecule has 1 fully saturated rings. The smallest absolute Gasteiger partial charge is 0.119 e. The van der Waals surface area contributed by atoms with Gasteiger partial charge in [0.1, 0.15) is 5.75 Å². The Morgan fingerprint density at radius 3 is 2.33 bits per heavy atom. The Balaban J connectivity index is 1.86. The number of ether oxygens (including phenoxy) is 1. The van der Waals surface area contributed by atoms with E-state index in [0.717, 1.165) is 18.2 Å². The topological polar surface area (TPSA) is 21.3 Å². The van der Waals surface area contributed by atoms with Crippen molar-refractivity contribution in [2.75, 3.05) is 0 Å². The average Bonchev–Trinajstić information content (AvgIpc) is 3.11. The molecular formula is C16H25NO. The molecule has 0 heterocycles. The number of rotatable bonds is 6. The maximum absolute atomic E-state index is 5.64. The van der Waals surface area contributed by atoms with E-state index < -0.39 is 0 Å². The number of hydrogen-bond donors (Lipinski definition) is 1. The molecule has 1 saturated carbocycles. The van der Waals surface area contributed by atoms with E-state index in [4.69, 9.17) is 4.74 Å². The van der Waals surface area contributed by atoms with Gasteiger partial charge in [-0.15, -0.1) is 0 Å². The molecule has 1 aliphatic carbocycles. The fraction of sp³-hybridized carbons (Fsp3) is 0.625. The van der Waals surface area contributed by atoms with Crippen LogP contribution in [0.15, 0.2) is 24.3 Å². The first-order valence-corrected chi connectivity index (χ1v) is 6.98. The van der Waals surface area contributed by atoms with Crippen molar-refractivity contribution in [2.24, 2.45) is 5.92 Å². The molecule has 0 bridgehead atoms. The first kappa shape index (κ1) is 13.4. The fourth-order valence-corrected chi connectivity index (χ4v) is 2.24. The summed E-state index contributed by atoms with van der Waals surface area (Å²) in [6, 6.07) is 8.41. The lowest BCUT2D eigenvalue weighted by molar-refractivity contribution is 0.242. The second-order valence-electron chi connectivity index (χ2n) is 6.16. The predicted molar refractivity (Wildman–Crippen MR) is 75.8 cm³/mol. The minimum Gasteiger partial charge on any atom is -0.491 e. The van der Waals surface area contributed by atoms with Gasteiger partial charge in [0.15, 0.2) is 0 Å². The van der Waals surface area contributed by atoms with E-state index in [1.54, 1.807) is 0 Å². The van der Waals surface area contributed by atoms with Gasteiger partial charge in [0.25, 0.3) is 0 Å². The summed E-state index contributed by atoms with van der Waals surface area (Å²) in [6.45, 7) is 9.65. The normalized spacial score (nSPS) is 16.1. The van der Waals surface area contributed by atoms with Gasteiger partial charge in [-0.3, -0.25) is 0 Å². The second kappa shape index (κ2) is 5.31. The summed E-state index contributed by atoms with van der Waals surface area (Å²) in [5.41, 5.74) is 1.59. The summed E-state index contributed by atoms with van der Waals surface area (Å²) >= 11 is 0. The Labute approximate surface area is 111 Å². The van der Waals surface area contributed by atoms with Gasteiger partial charge in [-0.2, -0.15) is 0 Å². The summed E-state index contributed by atoms with van der Waals surface area (Å²) in [5.74, 6) is 1.82. The van der Waals surface area contributed by atoms with Crippen molar-refractivity contribution in [1.29, 1.82) is 0 Å². The third-order valence-corrected chi connectivity index (χ3v) is 3.64. The van der Waals surface area contributed by atoms with E-state index in [0.29, 0.717) is 0 Å². The largest absolute Gasteiger partial charge is 0.491 e. The molecule has 1 N–H and O–H groups in total. The Morgan fingerprint density at radius 1 is 1.22 bits per heavy atom. The fourth-order valence-electron chi connectivity index (χ4n) is 2.24. The van der Waals surface area contributed by atoms with Gasteiger partial charge in [0, 0.05) is 12.1 Å². The summed E-state index contributed by atoms with van der Waals surface area (Å²) in [4.78, 5) is 0. The van der Waals surface area contributed by atoms with E-state index in [1.807, 2.05) is 13.8 Å². The van der Waals surface area contributed by atoms with Crippen molar-refractivity contribution in [3.05, 3.63) is 29.8 Å². The molecule has 1 aromatic carbocycles. The van der Waals surface area contributed by atoms with Crippen LogP contribution in [-0.4, -0.2) is 11.6 Å². The van der Waals surface area contributed by atoms with E-state index >= 15 is 0 Å². The highest BCUT2D eigenvalue weighted by molar-refractivity contribution is 5.27. The highest BCUT2D eigenvalue weighted by atomic mass is 16.5. The molecule has 0 amide bonds. The lowest BCUT2D eigenvalue weighted by atomic mass is 9.98. The lowest BCUT2D eigenvalue weighted by Gasteiger charge is -2.26. The SMILES string of the molecule is CC(C)Oc1ccc(CNC(C)(C)C2CC2)cc1. The Kier molecular flexibility index (Phi) is 3.96. The van der Waals surface area contributed by atoms with Crippen LogP contribution >= 0.6 is 0 Å². The first-order valence-electron chi connectivity index (χ1n) is 6.98. The van der Waals surface area contributed by atoms with Crippen molar-refractivity contribution in [3.8, 4) is 5.75 Å². The van der Waals surface area contributed by atoms with Crippen molar-refractivity contribution in [2.45, 2.75) is 58.7 Å². The monoisotopic (exact) mass is 247 g/mol. The molecule has 18 heavy (non-hydrogen) atoms. The molecule has 0 aliphatic heterocycles. The summed E-state index contributed by atoms with van der Waals surface area (Å²) in [6.07, 6.45) is 2.99. The summed E-state index contributed by atoms with van der Waals surface area (Å²) < 4.78 is 5.64. The van der Waals surface area contributed by atoms with Crippen LogP contribution in [0.3, 0.4) is 0 Å². The van der Waals surface area contributed by atoms with E-state index in [-0.39, 0.29) is 11.6 Å². The first-order chi connectivity index (χ1) is 8.47. The molecule has 2 heteroatoms. The van der Waals surface area contributed by atoms with Gasteiger partial charge in [-0.05, 0) is 64.2 Å². The van der Waals surface area contributed by atoms with Crippen LogP contribution in [0.2, 0.25) is 0 Å². The highest BCUT2D eigenvalue weighted by Gasteiger charge is 2.36. The predicted octanol–water partition coefficient (Wildman–Crippen LogP) is 3.75. The van der Waals surface area contributed by atoms with E-state index in [2.05, 4.69) is 43.4 Å². The third kappa shape index (κ3) is 3.74. The van der Waals surface area contributed by atoms with Gasteiger partial charge in [-0.25, -0.2) is 0 Å². The minimum absolute atomic E-state index is 0.239. The molecular weight excluding hydrogens is 222 g/mol. The van der Waals surface area contributed by atoms with Gasteiger partial charge in [0.2, 0.25) is 0 Å². The molecule has 2 rings (SSSR count). The molecule has 0 spiro atoms. The van der Waals surface area contributed by atoms with Crippen LogP contribution in [0.4, 0.5) is 0 Å². The third-order valence-electron chi connectivity index (χ3n) is 3.64. The number of nitrogens with one attached hydrogen (secondary N) is 1. The summed E-state index contributed by atoms with van der Waals surface area (Å²) in [7, 11) is 0. The Morgan fingerprint density at radius 2 is 1.83 bits per heavy atom. The van der Waals surface area contributed by atoms with E-state index in [1.165, 1.54) is 18.4 Å². The van der Waals surface area contributed by atoms with Crippen molar-refractivity contribution in [3.63, 3.8) is 0 Å². The highest BCUT2D eigenvalue weighted by Crippen LogP contribution is 2.39. The number of benzene rings is 1. The maximum atomic E-state index is 5.64. The van der Waals surface area contributed by atoms with Crippen molar-refractivity contribution in [1.82, 2.24) is 5.32 Å². The van der Waals surface area contributed by atoms with Crippen LogP contribution < -0.4 is 10.1 Å². The van der Waals surface area contributed by atoms with Gasteiger partial charge >= 0.3 is 0 Å². The van der Waals surface area contributed by atoms with Gasteiger partial charge in [-0.1, -0.05) is 12.1 Å². The van der Waals surface area contributed by atoms with Crippen LogP contribution in [-0.2, 0) is 6.54 Å².